The summed E-state index contributed by atoms with van der Waals surface area (Å²) in [5, 5.41) is 0. The van der Waals surface area contributed by atoms with E-state index in [-0.39, 0.29) is 6.61 Å². The maximum absolute atomic E-state index is 11.8. The molecule has 1 heterocycles. The van der Waals surface area contributed by atoms with Gasteiger partial charge in [0.1, 0.15) is 12.4 Å². The number of carbonyl (C=O) groups is 1. The third-order valence-electron chi connectivity index (χ3n) is 5.52. The molecular formula is C22H27BO6. The van der Waals surface area contributed by atoms with Crippen LogP contribution in [0.4, 0.5) is 0 Å². The number of hydrogen-bond acceptors (Lipinski definition) is 6. The van der Waals surface area contributed by atoms with E-state index in [9.17, 15) is 4.79 Å². The molecule has 6 nitrogen and oxygen atoms in total. The van der Waals surface area contributed by atoms with Gasteiger partial charge in [-0.15, -0.1) is 0 Å². The van der Waals surface area contributed by atoms with Crippen molar-refractivity contribution in [1.82, 2.24) is 0 Å². The summed E-state index contributed by atoms with van der Waals surface area (Å²) >= 11 is 0. The molecule has 1 aliphatic rings. The van der Waals surface area contributed by atoms with E-state index in [1.54, 1.807) is 19.2 Å². The number of aldehydes is 1. The normalized spacial score (nSPS) is 17.1. The highest BCUT2D eigenvalue weighted by Crippen LogP contribution is 2.38. The van der Waals surface area contributed by atoms with Crippen LogP contribution in [0, 0.1) is 0 Å². The standard InChI is InChI=1S/C22H27BO6/c1-21(2)22(3,4)29-23(28-21)17-11-16(13-24)20(19(12-17)26-6)27-14-15-7-9-18(25-5)10-8-15/h7-13H,14H2,1-6H3. The fraction of sp³-hybridized carbons (Fsp3) is 0.409. The van der Waals surface area contributed by atoms with Gasteiger partial charge in [-0.3, -0.25) is 4.79 Å². The summed E-state index contributed by atoms with van der Waals surface area (Å²) in [6.07, 6.45) is 0.751. The lowest BCUT2D eigenvalue weighted by atomic mass is 9.78. The first kappa shape index (κ1) is 21.2. The summed E-state index contributed by atoms with van der Waals surface area (Å²) in [5.74, 6) is 1.61. The topological polar surface area (TPSA) is 63.2 Å². The largest absolute Gasteiger partial charge is 0.497 e. The minimum atomic E-state index is -0.594. The number of rotatable bonds is 7. The van der Waals surface area contributed by atoms with Crippen LogP contribution in [0.3, 0.4) is 0 Å². The highest BCUT2D eigenvalue weighted by atomic mass is 16.7. The Morgan fingerprint density at radius 3 is 2.10 bits per heavy atom. The molecule has 154 valence electrons. The predicted octanol–water partition coefficient (Wildman–Crippen LogP) is 3.39. The average molecular weight is 398 g/mol. The molecule has 1 fully saturated rings. The predicted molar refractivity (Wildman–Crippen MR) is 111 cm³/mol. The second kappa shape index (κ2) is 8.09. The number of methoxy groups -OCH3 is 2. The molecule has 0 bridgehead atoms. The van der Waals surface area contributed by atoms with Crippen molar-refractivity contribution in [3.8, 4) is 17.2 Å². The van der Waals surface area contributed by atoms with E-state index in [1.165, 1.54) is 7.11 Å². The van der Waals surface area contributed by atoms with Crippen molar-refractivity contribution < 1.29 is 28.3 Å². The summed E-state index contributed by atoms with van der Waals surface area (Å²) in [6, 6.07) is 11.0. The number of benzene rings is 2. The lowest BCUT2D eigenvalue weighted by Crippen LogP contribution is -2.41. The SMILES string of the molecule is COc1ccc(COc2c(C=O)cc(B3OC(C)(C)C(C)(C)O3)cc2OC)cc1. The van der Waals surface area contributed by atoms with Crippen LogP contribution in [0.1, 0.15) is 43.6 Å². The van der Waals surface area contributed by atoms with Gasteiger partial charge in [-0.2, -0.15) is 0 Å². The van der Waals surface area contributed by atoms with Crippen molar-refractivity contribution in [2.75, 3.05) is 14.2 Å². The van der Waals surface area contributed by atoms with Crippen LogP contribution >= 0.6 is 0 Å². The highest BCUT2D eigenvalue weighted by Gasteiger charge is 2.52. The lowest BCUT2D eigenvalue weighted by molar-refractivity contribution is 0.00578. The smallest absolute Gasteiger partial charge is 0.494 e. The molecule has 0 spiro atoms. The lowest BCUT2D eigenvalue weighted by Gasteiger charge is -2.32. The molecule has 0 aromatic heterocycles. The highest BCUT2D eigenvalue weighted by molar-refractivity contribution is 6.62. The molecule has 0 unspecified atom stereocenters. The van der Waals surface area contributed by atoms with Crippen molar-refractivity contribution >= 4 is 18.9 Å². The molecule has 0 aliphatic carbocycles. The molecule has 0 radical (unpaired) electrons. The average Bonchev–Trinajstić information content (AvgIpc) is 2.93. The van der Waals surface area contributed by atoms with E-state index in [1.807, 2.05) is 52.0 Å². The fourth-order valence-corrected chi connectivity index (χ4v) is 3.03. The third-order valence-corrected chi connectivity index (χ3v) is 5.52. The van der Waals surface area contributed by atoms with Crippen LogP contribution in [-0.2, 0) is 15.9 Å². The Morgan fingerprint density at radius 2 is 1.59 bits per heavy atom. The van der Waals surface area contributed by atoms with Gasteiger partial charge >= 0.3 is 7.12 Å². The summed E-state index contributed by atoms with van der Waals surface area (Å²) < 4.78 is 28.8. The molecule has 0 N–H and O–H groups in total. The van der Waals surface area contributed by atoms with Crippen molar-refractivity contribution in [3.05, 3.63) is 47.5 Å². The Hall–Kier alpha value is -2.51. The summed E-state index contributed by atoms with van der Waals surface area (Å²) in [6.45, 7) is 8.22. The van der Waals surface area contributed by atoms with E-state index in [4.69, 9.17) is 23.5 Å². The van der Waals surface area contributed by atoms with Gasteiger partial charge in [0.05, 0.1) is 31.0 Å². The molecule has 2 aromatic rings. The molecule has 2 aromatic carbocycles. The Labute approximate surface area is 172 Å². The fourth-order valence-electron chi connectivity index (χ4n) is 3.03. The Balaban J connectivity index is 1.86. The molecule has 0 amide bonds. The Morgan fingerprint density at radius 1 is 0.966 bits per heavy atom. The summed E-state index contributed by atoms with van der Waals surface area (Å²) in [7, 11) is 2.56. The summed E-state index contributed by atoms with van der Waals surface area (Å²) in [4.78, 5) is 11.8. The van der Waals surface area contributed by atoms with Gasteiger partial charge in [-0.1, -0.05) is 12.1 Å². The maximum atomic E-state index is 11.8. The van der Waals surface area contributed by atoms with E-state index >= 15 is 0 Å². The van der Waals surface area contributed by atoms with Crippen LogP contribution in [0.15, 0.2) is 36.4 Å². The molecule has 29 heavy (non-hydrogen) atoms. The maximum Gasteiger partial charge on any atom is 0.494 e. The van der Waals surface area contributed by atoms with Gasteiger partial charge in [0.25, 0.3) is 0 Å². The van der Waals surface area contributed by atoms with Gasteiger partial charge in [-0.25, -0.2) is 0 Å². The van der Waals surface area contributed by atoms with Gasteiger partial charge in [-0.05, 0) is 63.0 Å². The molecule has 1 aliphatic heterocycles. The zero-order valence-corrected chi connectivity index (χ0v) is 17.8. The zero-order chi connectivity index (χ0) is 21.2. The first-order valence-corrected chi connectivity index (χ1v) is 9.49. The first-order chi connectivity index (χ1) is 13.7. The molecular weight excluding hydrogens is 371 g/mol. The molecule has 7 heteroatoms. The van der Waals surface area contributed by atoms with Crippen LogP contribution in [0.2, 0.25) is 0 Å². The Kier molecular flexibility index (Phi) is 5.91. The van der Waals surface area contributed by atoms with E-state index < -0.39 is 18.3 Å². The quantitative estimate of drug-likeness (QED) is 0.526. The molecule has 1 saturated heterocycles. The van der Waals surface area contributed by atoms with E-state index in [0.29, 0.717) is 22.5 Å². The van der Waals surface area contributed by atoms with Crippen molar-refractivity contribution in [2.24, 2.45) is 0 Å². The monoisotopic (exact) mass is 398 g/mol. The third kappa shape index (κ3) is 4.26. The van der Waals surface area contributed by atoms with Crippen LogP contribution in [0.5, 0.6) is 17.2 Å². The van der Waals surface area contributed by atoms with Crippen LogP contribution < -0.4 is 19.7 Å². The second-order valence-corrected chi connectivity index (χ2v) is 7.98. The minimum absolute atomic E-state index is 0.289. The first-order valence-electron chi connectivity index (χ1n) is 9.49. The molecule has 3 rings (SSSR count). The van der Waals surface area contributed by atoms with Crippen molar-refractivity contribution in [2.45, 2.75) is 45.5 Å². The minimum Gasteiger partial charge on any atom is -0.497 e. The van der Waals surface area contributed by atoms with Gasteiger partial charge in [0, 0.05) is 0 Å². The second-order valence-electron chi connectivity index (χ2n) is 7.98. The number of ether oxygens (including phenoxy) is 3. The van der Waals surface area contributed by atoms with Crippen molar-refractivity contribution in [1.29, 1.82) is 0 Å². The Bertz CT molecular complexity index is 860. The van der Waals surface area contributed by atoms with Crippen LogP contribution in [0.25, 0.3) is 0 Å². The van der Waals surface area contributed by atoms with Gasteiger partial charge in [0.15, 0.2) is 17.8 Å². The number of hydrogen-bond donors (Lipinski definition) is 0. The van der Waals surface area contributed by atoms with Gasteiger partial charge < -0.3 is 23.5 Å². The van der Waals surface area contributed by atoms with Crippen LogP contribution in [-0.4, -0.2) is 38.8 Å². The summed E-state index contributed by atoms with van der Waals surface area (Å²) in [5.41, 5.74) is 1.08. The van der Waals surface area contributed by atoms with Crippen molar-refractivity contribution in [3.63, 3.8) is 0 Å². The number of carbonyl (C=O) groups excluding carboxylic acids is 1. The zero-order valence-electron chi connectivity index (χ0n) is 17.8. The molecule has 0 saturated carbocycles. The molecule has 0 atom stereocenters. The van der Waals surface area contributed by atoms with E-state index in [2.05, 4.69) is 0 Å². The van der Waals surface area contributed by atoms with E-state index in [0.717, 1.165) is 17.6 Å². The van der Waals surface area contributed by atoms with Gasteiger partial charge in [0.2, 0.25) is 0 Å².